The van der Waals surface area contributed by atoms with Gasteiger partial charge in [0.15, 0.2) is 0 Å². The second-order valence-electron chi connectivity index (χ2n) is 23.7. The molecule has 0 saturated carbocycles. The number of para-hydroxylation sites is 2. The van der Waals surface area contributed by atoms with Crippen molar-refractivity contribution in [3.05, 3.63) is 208 Å². The third-order valence-electron chi connectivity index (χ3n) is 18.2. The molecule has 0 fully saturated rings. The van der Waals surface area contributed by atoms with E-state index >= 15 is 0 Å². The maximum atomic E-state index is 2.81. The van der Waals surface area contributed by atoms with Crippen LogP contribution < -0.4 is 20.6 Å². The normalized spacial score (nSPS) is 19.1. The van der Waals surface area contributed by atoms with Crippen molar-refractivity contribution < 1.29 is 0 Å². The molecule has 3 aliphatic carbocycles. The predicted molar refractivity (Wildman–Crippen MR) is 287 cm³/mol. The lowest BCUT2D eigenvalue weighted by Gasteiger charge is -2.53. The second-order valence-corrected chi connectivity index (χ2v) is 23.7. The Morgan fingerprint density at radius 1 is 0.368 bits per heavy atom. The minimum Gasteiger partial charge on any atom is -0.376 e. The molecule has 0 atom stereocenters. The molecule has 0 radical (unpaired) electrons. The number of nitrogens with zero attached hydrogens (tertiary/aromatic N) is 2. The Morgan fingerprint density at radius 3 is 1.59 bits per heavy atom. The first-order chi connectivity index (χ1) is 32.7. The molecule has 332 valence electrons. The van der Waals surface area contributed by atoms with Crippen LogP contribution in [0, 0.1) is 0 Å². The van der Waals surface area contributed by atoms with Gasteiger partial charge in [-0.1, -0.05) is 183 Å². The van der Waals surface area contributed by atoms with Crippen molar-refractivity contribution in [1.82, 2.24) is 0 Å². The molecule has 1 spiro atoms. The van der Waals surface area contributed by atoms with E-state index in [2.05, 4.69) is 229 Å². The summed E-state index contributed by atoms with van der Waals surface area (Å²) in [5.74, 6) is 0. The summed E-state index contributed by atoms with van der Waals surface area (Å²) in [6.07, 6.45) is 4.70. The van der Waals surface area contributed by atoms with E-state index in [1.807, 2.05) is 0 Å². The molecule has 0 bridgehead atoms. The largest absolute Gasteiger partial charge is 0.376 e. The molecule has 3 heteroatoms. The minimum absolute atomic E-state index is 0.0322. The highest BCUT2D eigenvalue weighted by atomic mass is 15.2. The standard InChI is InChI=1S/C65H59BN2/c1-61(2)31-32-62(3,4)52-37-42(29-30-49(52)61)67-57-39-54-53(63(5,6)33-34-64(54,7)8)38-55(57)66-59-46(35-41(36-58(59)67)40-19-10-9-11-20-40)45-23-18-27-51-60(45)68(66)56-28-17-16-26-50(56)65(51)47-24-14-12-21-43(47)44-22-13-15-25-48(44)65/h9-30,35-39H,31-34H2,1-8H3. The molecule has 6 aliphatic rings. The summed E-state index contributed by atoms with van der Waals surface area (Å²) >= 11 is 0. The van der Waals surface area contributed by atoms with Gasteiger partial charge in [0.05, 0.1) is 5.41 Å². The summed E-state index contributed by atoms with van der Waals surface area (Å²) in [5, 5.41) is 0. The van der Waals surface area contributed by atoms with Gasteiger partial charge in [0, 0.05) is 34.0 Å². The Labute approximate surface area is 403 Å². The fraction of sp³-hybridized carbons (Fsp3) is 0.262. The monoisotopic (exact) mass is 878 g/mol. The third kappa shape index (κ3) is 5.10. The SMILES string of the molecule is CC1(C)CCC(C)(C)c2cc(N3c4cc5c(cc4B4c6c(cc(-c7ccccc7)cc63)-c3cccc6c3N4c3ccccc3C63c4ccccc4-c4ccccc43)C(C)(C)CCC5(C)C)ccc21. The Morgan fingerprint density at radius 2 is 0.912 bits per heavy atom. The molecule has 68 heavy (non-hydrogen) atoms. The molecule has 8 aromatic rings. The van der Waals surface area contributed by atoms with Crippen molar-refractivity contribution in [2.75, 3.05) is 9.71 Å². The smallest absolute Gasteiger partial charge is 0.333 e. The van der Waals surface area contributed by atoms with Gasteiger partial charge < -0.3 is 9.71 Å². The molecule has 8 aromatic carbocycles. The van der Waals surface area contributed by atoms with E-state index in [0.717, 1.165) is 6.42 Å². The topological polar surface area (TPSA) is 6.48 Å². The highest BCUT2D eigenvalue weighted by Gasteiger charge is 2.57. The zero-order valence-corrected chi connectivity index (χ0v) is 40.9. The second kappa shape index (κ2) is 13.4. The van der Waals surface area contributed by atoms with Crippen molar-refractivity contribution in [2.45, 2.75) is 108 Å². The molecular weight excluding hydrogens is 820 g/mol. The maximum absolute atomic E-state index is 2.81. The lowest BCUT2D eigenvalue weighted by molar-refractivity contribution is 0.332. The summed E-state index contributed by atoms with van der Waals surface area (Å²) in [7, 11) is 0. The van der Waals surface area contributed by atoms with Crippen molar-refractivity contribution >= 4 is 46.2 Å². The van der Waals surface area contributed by atoms with E-state index < -0.39 is 5.41 Å². The number of rotatable bonds is 2. The first-order valence-corrected chi connectivity index (χ1v) is 25.3. The van der Waals surface area contributed by atoms with Gasteiger partial charge >= 0.3 is 6.85 Å². The first-order valence-electron chi connectivity index (χ1n) is 25.3. The van der Waals surface area contributed by atoms with Crippen LogP contribution in [0.15, 0.2) is 164 Å². The van der Waals surface area contributed by atoms with Crippen LogP contribution in [-0.2, 0) is 27.1 Å². The van der Waals surface area contributed by atoms with Crippen LogP contribution in [0.5, 0.6) is 0 Å². The van der Waals surface area contributed by atoms with Gasteiger partial charge in [-0.25, -0.2) is 0 Å². The molecule has 14 rings (SSSR count). The van der Waals surface area contributed by atoms with E-state index in [-0.39, 0.29) is 28.5 Å². The zero-order chi connectivity index (χ0) is 46.3. The van der Waals surface area contributed by atoms with Crippen molar-refractivity contribution in [2.24, 2.45) is 0 Å². The minimum atomic E-state index is -0.488. The van der Waals surface area contributed by atoms with Crippen LogP contribution in [0.4, 0.5) is 28.4 Å². The van der Waals surface area contributed by atoms with E-state index in [1.54, 1.807) is 0 Å². The number of benzene rings is 8. The summed E-state index contributed by atoms with van der Waals surface area (Å²) in [6, 6.07) is 64.3. The van der Waals surface area contributed by atoms with Gasteiger partial charge in [0.2, 0.25) is 0 Å². The van der Waals surface area contributed by atoms with Crippen molar-refractivity contribution in [1.29, 1.82) is 0 Å². The van der Waals surface area contributed by atoms with Gasteiger partial charge in [-0.2, -0.15) is 0 Å². The van der Waals surface area contributed by atoms with Crippen LogP contribution in [0.1, 0.15) is 126 Å². The number of anilines is 5. The van der Waals surface area contributed by atoms with Gasteiger partial charge in [0.1, 0.15) is 0 Å². The molecule has 0 amide bonds. The Balaban J connectivity index is 1.15. The number of fused-ring (bicyclic) bond motifs is 15. The van der Waals surface area contributed by atoms with Crippen molar-refractivity contribution in [3.8, 4) is 33.4 Å². The molecule has 0 aromatic heterocycles. The quantitative estimate of drug-likeness (QED) is 0.160. The van der Waals surface area contributed by atoms with Gasteiger partial charge in [-0.3, -0.25) is 0 Å². The van der Waals surface area contributed by atoms with Crippen LogP contribution >= 0.6 is 0 Å². The average Bonchev–Trinajstić information content (AvgIpc) is 3.64. The van der Waals surface area contributed by atoms with Gasteiger partial charge in [0.25, 0.3) is 0 Å². The fourth-order valence-electron chi connectivity index (χ4n) is 14.4. The van der Waals surface area contributed by atoms with Gasteiger partial charge in [-0.05, 0) is 167 Å². The molecular formula is C65H59BN2. The molecule has 3 heterocycles. The van der Waals surface area contributed by atoms with Crippen LogP contribution in [0.25, 0.3) is 33.4 Å². The summed E-state index contributed by atoms with van der Waals surface area (Å²) in [6.45, 7) is 19.7. The molecule has 0 unspecified atom stereocenters. The number of hydrogen-bond acceptors (Lipinski definition) is 2. The predicted octanol–water partition coefficient (Wildman–Crippen LogP) is 15.4. The molecule has 0 N–H and O–H groups in total. The van der Waals surface area contributed by atoms with Crippen LogP contribution in [0.2, 0.25) is 0 Å². The molecule has 3 aliphatic heterocycles. The first kappa shape index (κ1) is 40.5. The van der Waals surface area contributed by atoms with E-state index in [0.29, 0.717) is 0 Å². The number of hydrogen-bond donors (Lipinski definition) is 0. The Hall–Kier alpha value is -6.58. The summed E-state index contributed by atoms with van der Waals surface area (Å²) in [5.41, 5.74) is 28.3. The highest BCUT2D eigenvalue weighted by molar-refractivity contribution is 6.93. The summed E-state index contributed by atoms with van der Waals surface area (Å²) in [4.78, 5) is 5.52. The molecule has 2 nitrogen and oxygen atoms in total. The highest BCUT2D eigenvalue weighted by Crippen LogP contribution is 2.65. The average molecular weight is 879 g/mol. The lowest BCUT2D eigenvalue weighted by atomic mass is 9.41. The van der Waals surface area contributed by atoms with Crippen molar-refractivity contribution in [3.63, 3.8) is 0 Å². The maximum Gasteiger partial charge on any atom is 0.333 e. The van der Waals surface area contributed by atoms with E-state index in [1.165, 1.54) is 137 Å². The third-order valence-corrected chi connectivity index (χ3v) is 18.2. The van der Waals surface area contributed by atoms with Crippen LogP contribution in [0.3, 0.4) is 0 Å². The zero-order valence-electron chi connectivity index (χ0n) is 40.9. The Bertz CT molecular complexity index is 3450. The fourth-order valence-corrected chi connectivity index (χ4v) is 14.4. The van der Waals surface area contributed by atoms with Gasteiger partial charge in [-0.15, -0.1) is 0 Å². The Kier molecular flexibility index (Phi) is 7.95. The van der Waals surface area contributed by atoms with Crippen LogP contribution in [-0.4, -0.2) is 6.85 Å². The summed E-state index contributed by atoms with van der Waals surface area (Å²) < 4.78 is 0. The lowest BCUT2D eigenvalue weighted by Crippen LogP contribution is -2.63. The van der Waals surface area contributed by atoms with E-state index in [9.17, 15) is 0 Å². The van der Waals surface area contributed by atoms with E-state index in [4.69, 9.17) is 0 Å². The molecule has 0 saturated heterocycles.